The van der Waals surface area contributed by atoms with Crippen molar-refractivity contribution >= 4 is 5.82 Å². The van der Waals surface area contributed by atoms with E-state index in [1.807, 2.05) is 19.2 Å². The van der Waals surface area contributed by atoms with Gasteiger partial charge in [-0.3, -0.25) is 4.98 Å². The van der Waals surface area contributed by atoms with Gasteiger partial charge in [0.1, 0.15) is 11.6 Å². The molecular formula is C13H16N4O. The predicted molar refractivity (Wildman–Crippen MR) is 69.6 cm³/mol. The third kappa shape index (κ3) is 2.94. The summed E-state index contributed by atoms with van der Waals surface area (Å²) in [5.41, 5.74) is 2.35. The highest BCUT2D eigenvalue weighted by Gasteiger charge is 2.03. The fourth-order valence-corrected chi connectivity index (χ4v) is 1.60. The summed E-state index contributed by atoms with van der Waals surface area (Å²) in [6.45, 7) is 4.58. The van der Waals surface area contributed by atoms with Crippen LogP contribution in [0.3, 0.4) is 0 Å². The van der Waals surface area contributed by atoms with Crippen LogP contribution >= 0.6 is 0 Å². The van der Waals surface area contributed by atoms with E-state index in [0.717, 1.165) is 11.4 Å². The van der Waals surface area contributed by atoms with Crippen molar-refractivity contribution in [2.24, 2.45) is 0 Å². The minimum Gasteiger partial charge on any atom is -0.481 e. The quantitative estimate of drug-likeness (QED) is 0.892. The molecule has 2 heterocycles. The number of anilines is 1. The number of hydrogen-bond donors (Lipinski definition) is 1. The van der Waals surface area contributed by atoms with Crippen molar-refractivity contribution in [3.8, 4) is 5.88 Å². The van der Waals surface area contributed by atoms with Gasteiger partial charge in [-0.15, -0.1) is 0 Å². The molecule has 0 aromatic carbocycles. The number of nitrogens with one attached hydrogen (secondary N) is 1. The SMILES string of the molecule is COc1cc(NCc2cnccc2C)nc(C)n1. The van der Waals surface area contributed by atoms with Gasteiger partial charge >= 0.3 is 0 Å². The lowest BCUT2D eigenvalue weighted by Gasteiger charge is -2.09. The third-order valence-corrected chi connectivity index (χ3v) is 2.63. The molecular weight excluding hydrogens is 228 g/mol. The van der Waals surface area contributed by atoms with E-state index >= 15 is 0 Å². The molecule has 0 radical (unpaired) electrons. The Bertz CT molecular complexity index is 542. The van der Waals surface area contributed by atoms with Gasteiger partial charge < -0.3 is 10.1 Å². The van der Waals surface area contributed by atoms with Gasteiger partial charge in [0.15, 0.2) is 0 Å². The Balaban J connectivity index is 2.11. The maximum absolute atomic E-state index is 5.11. The normalized spacial score (nSPS) is 10.2. The molecule has 5 heteroatoms. The van der Waals surface area contributed by atoms with E-state index in [4.69, 9.17) is 4.74 Å². The molecule has 0 amide bonds. The topological polar surface area (TPSA) is 59.9 Å². The summed E-state index contributed by atoms with van der Waals surface area (Å²) in [5, 5.41) is 3.25. The summed E-state index contributed by atoms with van der Waals surface area (Å²) in [4.78, 5) is 12.6. The molecule has 2 aromatic heterocycles. The summed E-state index contributed by atoms with van der Waals surface area (Å²) in [7, 11) is 1.59. The van der Waals surface area contributed by atoms with Crippen molar-refractivity contribution < 1.29 is 4.74 Å². The second-order valence-electron chi connectivity index (χ2n) is 4.00. The molecule has 94 valence electrons. The number of nitrogens with zero attached hydrogens (tertiary/aromatic N) is 3. The first-order valence-electron chi connectivity index (χ1n) is 5.72. The van der Waals surface area contributed by atoms with Crippen LogP contribution in [0, 0.1) is 13.8 Å². The number of aromatic nitrogens is 3. The number of methoxy groups -OCH3 is 1. The zero-order valence-corrected chi connectivity index (χ0v) is 10.8. The Morgan fingerprint density at radius 1 is 1.28 bits per heavy atom. The second kappa shape index (κ2) is 5.44. The van der Waals surface area contributed by atoms with Crippen molar-refractivity contribution in [2.75, 3.05) is 12.4 Å². The van der Waals surface area contributed by atoms with Crippen LogP contribution in [0.1, 0.15) is 17.0 Å². The largest absolute Gasteiger partial charge is 0.481 e. The Labute approximate surface area is 106 Å². The van der Waals surface area contributed by atoms with Gasteiger partial charge in [-0.1, -0.05) is 0 Å². The van der Waals surface area contributed by atoms with Crippen LogP contribution in [0.15, 0.2) is 24.5 Å². The second-order valence-corrected chi connectivity index (χ2v) is 4.00. The Hall–Kier alpha value is -2.17. The first kappa shape index (κ1) is 12.3. The first-order chi connectivity index (χ1) is 8.69. The average Bonchev–Trinajstić information content (AvgIpc) is 2.37. The number of pyridine rings is 1. The summed E-state index contributed by atoms with van der Waals surface area (Å²) < 4.78 is 5.11. The molecule has 0 aliphatic carbocycles. The van der Waals surface area contributed by atoms with E-state index in [-0.39, 0.29) is 0 Å². The highest BCUT2D eigenvalue weighted by Crippen LogP contribution is 2.14. The molecule has 1 N–H and O–H groups in total. The van der Waals surface area contributed by atoms with E-state index in [0.29, 0.717) is 18.2 Å². The molecule has 0 fully saturated rings. The predicted octanol–water partition coefficient (Wildman–Crippen LogP) is 2.11. The molecule has 0 aliphatic heterocycles. The van der Waals surface area contributed by atoms with Crippen molar-refractivity contribution in [2.45, 2.75) is 20.4 Å². The lowest BCUT2D eigenvalue weighted by atomic mass is 10.1. The lowest BCUT2D eigenvalue weighted by Crippen LogP contribution is -2.05. The molecule has 5 nitrogen and oxygen atoms in total. The summed E-state index contributed by atoms with van der Waals surface area (Å²) in [5.74, 6) is 2.00. The summed E-state index contributed by atoms with van der Waals surface area (Å²) >= 11 is 0. The van der Waals surface area contributed by atoms with Crippen LogP contribution in [0.25, 0.3) is 0 Å². The van der Waals surface area contributed by atoms with Gasteiger partial charge in [0, 0.05) is 25.0 Å². The molecule has 18 heavy (non-hydrogen) atoms. The summed E-state index contributed by atoms with van der Waals surface area (Å²) in [6, 6.07) is 3.77. The molecule has 0 aliphatic rings. The third-order valence-electron chi connectivity index (χ3n) is 2.63. The maximum Gasteiger partial charge on any atom is 0.218 e. The van der Waals surface area contributed by atoms with Crippen LogP contribution in [-0.2, 0) is 6.54 Å². The van der Waals surface area contributed by atoms with E-state index in [1.54, 1.807) is 19.4 Å². The first-order valence-corrected chi connectivity index (χ1v) is 5.72. The van der Waals surface area contributed by atoms with Crippen molar-refractivity contribution in [1.82, 2.24) is 15.0 Å². The minimum atomic E-state index is 0.563. The smallest absolute Gasteiger partial charge is 0.218 e. The monoisotopic (exact) mass is 244 g/mol. The van der Waals surface area contributed by atoms with Crippen molar-refractivity contribution in [1.29, 1.82) is 0 Å². The Kier molecular flexibility index (Phi) is 3.72. The molecule has 0 saturated carbocycles. The van der Waals surface area contributed by atoms with Gasteiger partial charge in [0.25, 0.3) is 0 Å². The number of rotatable bonds is 4. The Morgan fingerprint density at radius 3 is 2.83 bits per heavy atom. The number of aryl methyl sites for hydroxylation is 2. The number of ether oxygens (including phenoxy) is 1. The molecule has 2 aromatic rings. The van der Waals surface area contributed by atoms with Gasteiger partial charge in [0.05, 0.1) is 7.11 Å². The van der Waals surface area contributed by atoms with E-state index in [2.05, 4.69) is 27.2 Å². The summed E-state index contributed by atoms with van der Waals surface area (Å²) in [6.07, 6.45) is 3.64. The highest BCUT2D eigenvalue weighted by molar-refractivity contribution is 5.39. The van der Waals surface area contributed by atoms with Gasteiger partial charge in [0.2, 0.25) is 5.88 Å². The fourth-order valence-electron chi connectivity index (χ4n) is 1.60. The minimum absolute atomic E-state index is 0.563. The molecule has 0 bridgehead atoms. The van der Waals surface area contributed by atoms with E-state index in [1.165, 1.54) is 5.56 Å². The number of hydrogen-bond acceptors (Lipinski definition) is 5. The average molecular weight is 244 g/mol. The van der Waals surface area contributed by atoms with Gasteiger partial charge in [-0.25, -0.2) is 4.98 Å². The highest BCUT2D eigenvalue weighted by atomic mass is 16.5. The molecule has 0 saturated heterocycles. The van der Waals surface area contributed by atoms with Crippen molar-refractivity contribution in [3.63, 3.8) is 0 Å². The van der Waals surface area contributed by atoms with Crippen molar-refractivity contribution in [3.05, 3.63) is 41.5 Å². The zero-order chi connectivity index (χ0) is 13.0. The van der Waals surface area contributed by atoms with E-state index in [9.17, 15) is 0 Å². The van der Waals surface area contributed by atoms with Gasteiger partial charge in [-0.05, 0) is 31.0 Å². The van der Waals surface area contributed by atoms with E-state index < -0.39 is 0 Å². The molecule has 0 atom stereocenters. The van der Waals surface area contributed by atoms with Crippen LogP contribution in [0.5, 0.6) is 5.88 Å². The van der Waals surface area contributed by atoms with Crippen LogP contribution in [0.2, 0.25) is 0 Å². The molecule has 2 rings (SSSR count). The molecule has 0 unspecified atom stereocenters. The lowest BCUT2D eigenvalue weighted by molar-refractivity contribution is 0.396. The zero-order valence-electron chi connectivity index (χ0n) is 10.8. The maximum atomic E-state index is 5.11. The van der Waals surface area contributed by atoms with Gasteiger partial charge in [-0.2, -0.15) is 4.98 Å². The molecule has 0 spiro atoms. The van der Waals surface area contributed by atoms with Crippen LogP contribution in [0.4, 0.5) is 5.82 Å². The Morgan fingerprint density at radius 2 is 2.11 bits per heavy atom. The van der Waals surface area contributed by atoms with Crippen LogP contribution < -0.4 is 10.1 Å². The van der Waals surface area contributed by atoms with Crippen LogP contribution in [-0.4, -0.2) is 22.1 Å². The standard InChI is InChI=1S/C13H16N4O/c1-9-4-5-14-7-11(9)8-15-12-6-13(18-3)17-10(2)16-12/h4-7H,8H2,1-3H3,(H,15,16,17). The fraction of sp³-hybridized carbons (Fsp3) is 0.308.